The first-order valence-electron chi connectivity index (χ1n) is 6.72. The topological polar surface area (TPSA) is 47.1 Å². The van der Waals surface area contributed by atoms with Crippen LogP contribution in [0.3, 0.4) is 0 Å². The van der Waals surface area contributed by atoms with E-state index in [0.29, 0.717) is 18.1 Å². The standard InChI is InChI=1S/C17H16N2O2/c1-20-15-9-5-8-14(17-18-10-11-19-17)16(15)21-12-13-6-3-2-4-7-13/h2-11H,12H2,1H3,(H,18,19). The molecule has 1 heterocycles. The van der Waals surface area contributed by atoms with E-state index >= 15 is 0 Å². The summed E-state index contributed by atoms with van der Waals surface area (Å²) < 4.78 is 11.4. The van der Waals surface area contributed by atoms with Crippen LogP contribution in [0.2, 0.25) is 0 Å². The normalized spacial score (nSPS) is 10.3. The van der Waals surface area contributed by atoms with Crippen molar-refractivity contribution in [2.75, 3.05) is 7.11 Å². The van der Waals surface area contributed by atoms with Gasteiger partial charge in [-0.3, -0.25) is 0 Å². The first kappa shape index (κ1) is 13.2. The zero-order valence-corrected chi connectivity index (χ0v) is 11.7. The van der Waals surface area contributed by atoms with E-state index in [9.17, 15) is 0 Å². The molecule has 0 atom stereocenters. The second kappa shape index (κ2) is 6.13. The lowest BCUT2D eigenvalue weighted by molar-refractivity contribution is 0.285. The van der Waals surface area contributed by atoms with Gasteiger partial charge in [-0.25, -0.2) is 4.98 Å². The van der Waals surface area contributed by atoms with E-state index in [0.717, 1.165) is 17.0 Å². The summed E-state index contributed by atoms with van der Waals surface area (Å²) in [5.74, 6) is 2.15. The van der Waals surface area contributed by atoms with Crippen molar-refractivity contribution in [3.05, 3.63) is 66.5 Å². The summed E-state index contributed by atoms with van der Waals surface area (Å²) in [6.07, 6.45) is 3.51. The number of hydrogen-bond acceptors (Lipinski definition) is 3. The number of aromatic amines is 1. The Labute approximate surface area is 123 Å². The van der Waals surface area contributed by atoms with Crippen molar-refractivity contribution >= 4 is 0 Å². The van der Waals surface area contributed by atoms with Crippen LogP contribution in [0.1, 0.15) is 5.56 Å². The van der Waals surface area contributed by atoms with E-state index in [1.54, 1.807) is 19.5 Å². The lowest BCUT2D eigenvalue weighted by Crippen LogP contribution is -2.00. The Morgan fingerprint density at radius 2 is 1.90 bits per heavy atom. The minimum Gasteiger partial charge on any atom is -0.493 e. The van der Waals surface area contributed by atoms with Crippen LogP contribution in [0.4, 0.5) is 0 Å². The van der Waals surface area contributed by atoms with Crippen LogP contribution in [-0.2, 0) is 6.61 Å². The Morgan fingerprint density at radius 3 is 2.62 bits per heavy atom. The van der Waals surface area contributed by atoms with Crippen LogP contribution in [0.5, 0.6) is 11.5 Å². The third-order valence-corrected chi connectivity index (χ3v) is 3.18. The number of ether oxygens (including phenoxy) is 2. The molecule has 0 amide bonds. The van der Waals surface area contributed by atoms with Crippen molar-refractivity contribution < 1.29 is 9.47 Å². The van der Waals surface area contributed by atoms with E-state index in [1.165, 1.54) is 0 Å². The van der Waals surface area contributed by atoms with Crippen LogP contribution in [0, 0.1) is 0 Å². The van der Waals surface area contributed by atoms with Crippen molar-refractivity contribution in [1.29, 1.82) is 0 Å². The van der Waals surface area contributed by atoms with Gasteiger partial charge in [0.25, 0.3) is 0 Å². The predicted molar refractivity (Wildman–Crippen MR) is 81.3 cm³/mol. The molecule has 1 N–H and O–H groups in total. The van der Waals surface area contributed by atoms with Crippen molar-refractivity contribution in [2.24, 2.45) is 0 Å². The summed E-state index contributed by atoms with van der Waals surface area (Å²) in [7, 11) is 1.64. The molecule has 4 heteroatoms. The minimum absolute atomic E-state index is 0.481. The summed E-state index contributed by atoms with van der Waals surface area (Å²) in [4.78, 5) is 7.38. The predicted octanol–water partition coefficient (Wildman–Crippen LogP) is 3.66. The summed E-state index contributed by atoms with van der Waals surface area (Å²) in [6, 6.07) is 15.8. The number of nitrogens with zero attached hydrogens (tertiary/aromatic N) is 1. The van der Waals surface area contributed by atoms with Gasteiger partial charge in [-0.2, -0.15) is 0 Å². The highest BCUT2D eigenvalue weighted by Crippen LogP contribution is 2.37. The molecule has 0 spiro atoms. The second-order valence-electron chi connectivity index (χ2n) is 4.55. The van der Waals surface area contributed by atoms with Crippen molar-refractivity contribution in [1.82, 2.24) is 9.97 Å². The Hall–Kier alpha value is -2.75. The maximum atomic E-state index is 5.98. The molecule has 0 fully saturated rings. The smallest absolute Gasteiger partial charge is 0.172 e. The van der Waals surface area contributed by atoms with Gasteiger partial charge in [-0.15, -0.1) is 0 Å². The first-order chi connectivity index (χ1) is 10.4. The third-order valence-electron chi connectivity index (χ3n) is 3.18. The van der Waals surface area contributed by atoms with E-state index in [-0.39, 0.29) is 0 Å². The lowest BCUT2D eigenvalue weighted by atomic mass is 10.1. The second-order valence-corrected chi connectivity index (χ2v) is 4.55. The van der Waals surface area contributed by atoms with E-state index in [1.807, 2.05) is 48.5 Å². The fourth-order valence-electron chi connectivity index (χ4n) is 2.15. The van der Waals surface area contributed by atoms with Crippen LogP contribution in [0.15, 0.2) is 60.9 Å². The van der Waals surface area contributed by atoms with Crippen LogP contribution >= 0.6 is 0 Å². The largest absolute Gasteiger partial charge is 0.493 e. The molecule has 0 bridgehead atoms. The lowest BCUT2D eigenvalue weighted by Gasteiger charge is -2.14. The molecule has 21 heavy (non-hydrogen) atoms. The Bertz CT molecular complexity index is 694. The van der Waals surface area contributed by atoms with E-state index in [2.05, 4.69) is 9.97 Å². The zero-order chi connectivity index (χ0) is 14.5. The number of nitrogens with one attached hydrogen (secondary N) is 1. The molecule has 1 aromatic heterocycles. The highest BCUT2D eigenvalue weighted by molar-refractivity contribution is 5.68. The molecule has 0 saturated carbocycles. The van der Waals surface area contributed by atoms with Gasteiger partial charge in [-0.05, 0) is 17.7 Å². The fraction of sp³-hybridized carbons (Fsp3) is 0.118. The van der Waals surface area contributed by atoms with Gasteiger partial charge >= 0.3 is 0 Å². The van der Waals surface area contributed by atoms with Gasteiger partial charge in [0.15, 0.2) is 11.5 Å². The summed E-state index contributed by atoms with van der Waals surface area (Å²) in [5, 5.41) is 0. The van der Waals surface area contributed by atoms with Crippen molar-refractivity contribution in [2.45, 2.75) is 6.61 Å². The van der Waals surface area contributed by atoms with Gasteiger partial charge in [0.05, 0.1) is 12.7 Å². The molecule has 3 rings (SSSR count). The summed E-state index contributed by atoms with van der Waals surface area (Å²) in [5.41, 5.74) is 1.99. The number of imidazole rings is 1. The number of hydrogen-bond donors (Lipinski definition) is 1. The number of rotatable bonds is 5. The highest BCUT2D eigenvalue weighted by atomic mass is 16.5. The quantitative estimate of drug-likeness (QED) is 0.775. The average molecular weight is 280 g/mol. The molecule has 0 aliphatic heterocycles. The molecular formula is C17H16N2O2. The monoisotopic (exact) mass is 280 g/mol. The Kier molecular flexibility index (Phi) is 3.87. The Morgan fingerprint density at radius 1 is 1.05 bits per heavy atom. The van der Waals surface area contributed by atoms with Crippen LogP contribution in [0.25, 0.3) is 11.4 Å². The average Bonchev–Trinajstić information content (AvgIpc) is 3.08. The van der Waals surface area contributed by atoms with Crippen molar-refractivity contribution in [3.8, 4) is 22.9 Å². The molecule has 0 saturated heterocycles. The molecule has 3 aromatic rings. The number of benzene rings is 2. The van der Waals surface area contributed by atoms with Gasteiger partial charge in [-0.1, -0.05) is 36.4 Å². The molecule has 0 unspecified atom stereocenters. The fourth-order valence-corrected chi connectivity index (χ4v) is 2.15. The molecular weight excluding hydrogens is 264 g/mol. The van der Waals surface area contributed by atoms with Gasteiger partial charge < -0.3 is 14.5 Å². The van der Waals surface area contributed by atoms with E-state index < -0.39 is 0 Å². The molecule has 106 valence electrons. The van der Waals surface area contributed by atoms with Gasteiger partial charge in [0.1, 0.15) is 12.4 Å². The molecule has 0 aliphatic rings. The van der Waals surface area contributed by atoms with E-state index in [4.69, 9.17) is 9.47 Å². The number of para-hydroxylation sites is 1. The molecule has 4 nitrogen and oxygen atoms in total. The van der Waals surface area contributed by atoms with Gasteiger partial charge in [0, 0.05) is 12.4 Å². The number of methoxy groups -OCH3 is 1. The Balaban J connectivity index is 1.92. The zero-order valence-electron chi connectivity index (χ0n) is 11.7. The van der Waals surface area contributed by atoms with Crippen LogP contribution in [-0.4, -0.2) is 17.1 Å². The summed E-state index contributed by atoms with van der Waals surface area (Å²) >= 11 is 0. The number of H-pyrrole nitrogens is 1. The molecule has 0 radical (unpaired) electrons. The van der Waals surface area contributed by atoms with Crippen LogP contribution < -0.4 is 9.47 Å². The maximum Gasteiger partial charge on any atom is 0.172 e. The van der Waals surface area contributed by atoms with Crippen molar-refractivity contribution in [3.63, 3.8) is 0 Å². The minimum atomic E-state index is 0.481. The SMILES string of the molecule is COc1cccc(-c2ncc[nH]2)c1OCc1ccccc1. The molecule has 2 aromatic carbocycles. The first-order valence-corrected chi connectivity index (χ1v) is 6.72. The highest BCUT2D eigenvalue weighted by Gasteiger charge is 2.14. The number of aromatic nitrogens is 2. The summed E-state index contributed by atoms with van der Waals surface area (Å²) in [6.45, 7) is 0.481. The maximum absolute atomic E-state index is 5.98. The third kappa shape index (κ3) is 2.89. The molecule has 0 aliphatic carbocycles. The van der Waals surface area contributed by atoms with Gasteiger partial charge in [0.2, 0.25) is 0 Å².